The molecule has 2 N–H and O–H groups in total. The number of methoxy groups -OCH3 is 1. The van der Waals surface area contributed by atoms with Gasteiger partial charge in [0.15, 0.2) is 0 Å². The minimum Gasteiger partial charge on any atom is -0.378 e. The van der Waals surface area contributed by atoms with E-state index in [9.17, 15) is 18.0 Å². The number of carbonyl (C=O) groups is 1. The van der Waals surface area contributed by atoms with Gasteiger partial charge in [-0.15, -0.1) is 0 Å². The van der Waals surface area contributed by atoms with Crippen LogP contribution in [0, 0.1) is 5.92 Å². The molecule has 23 heavy (non-hydrogen) atoms. The molecule has 1 aromatic rings. The van der Waals surface area contributed by atoms with Gasteiger partial charge < -0.3 is 10.1 Å². The predicted octanol–water partition coefficient (Wildman–Crippen LogP) is 2.87. The average molecular weight is 332 g/mol. The minimum absolute atomic E-state index is 0.0877. The number of carbonyl (C=O) groups excluding carboxylic acids is 1. The first-order valence-electron chi connectivity index (χ1n) is 7.32. The predicted molar refractivity (Wildman–Crippen MR) is 76.7 cm³/mol. The Morgan fingerprint density at radius 1 is 1.39 bits per heavy atom. The molecule has 128 valence electrons. The van der Waals surface area contributed by atoms with Crippen molar-refractivity contribution in [3.63, 3.8) is 0 Å². The van der Waals surface area contributed by atoms with Gasteiger partial charge in [-0.3, -0.25) is 5.32 Å². The van der Waals surface area contributed by atoms with Crippen LogP contribution in [0.1, 0.15) is 31.4 Å². The smallest absolute Gasteiger partial charge is 0.378 e. The molecular formula is C14H19F3N4O2. The number of amides is 2. The van der Waals surface area contributed by atoms with Crippen LogP contribution in [0.15, 0.2) is 12.4 Å². The monoisotopic (exact) mass is 332 g/mol. The van der Waals surface area contributed by atoms with E-state index in [-0.39, 0.29) is 25.3 Å². The molecule has 0 radical (unpaired) electrons. The highest BCUT2D eigenvalue weighted by Gasteiger charge is 2.42. The summed E-state index contributed by atoms with van der Waals surface area (Å²) in [6.07, 6.45) is -1.91. The molecule has 1 fully saturated rings. The van der Waals surface area contributed by atoms with E-state index >= 15 is 0 Å². The van der Waals surface area contributed by atoms with E-state index in [2.05, 4.69) is 20.6 Å². The van der Waals surface area contributed by atoms with Crippen LogP contribution < -0.4 is 10.6 Å². The van der Waals surface area contributed by atoms with Crippen molar-refractivity contribution in [2.45, 2.75) is 44.5 Å². The lowest BCUT2D eigenvalue weighted by atomic mass is 9.85. The van der Waals surface area contributed by atoms with Crippen molar-refractivity contribution >= 4 is 11.8 Å². The third-order valence-corrected chi connectivity index (χ3v) is 3.73. The van der Waals surface area contributed by atoms with Gasteiger partial charge in [-0.25, -0.2) is 14.8 Å². The van der Waals surface area contributed by atoms with Gasteiger partial charge in [0.05, 0.1) is 18.2 Å². The Bertz CT molecular complexity index is 539. The number of nitrogens with zero attached hydrogens (tertiary/aromatic N) is 2. The standard InChI is InChI=1S/C14H19F3N4O2/c1-23-7-11-6-12(19-8-18-11)21-13(22)20-10-4-2-3-9(5-10)14(15,16)17/h6,8-10H,2-5,7H2,1H3,(H2,18,19,20,21,22). The lowest BCUT2D eigenvalue weighted by Gasteiger charge is -2.30. The van der Waals surface area contributed by atoms with Gasteiger partial charge in [-0.05, 0) is 19.3 Å². The molecule has 1 aliphatic carbocycles. The number of ether oxygens (including phenoxy) is 1. The maximum absolute atomic E-state index is 12.8. The summed E-state index contributed by atoms with van der Waals surface area (Å²) in [7, 11) is 1.52. The normalized spacial score (nSPS) is 21.7. The molecule has 2 atom stereocenters. The van der Waals surface area contributed by atoms with Crippen molar-refractivity contribution in [3.8, 4) is 0 Å². The number of hydrogen-bond donors (Lipinski definition) is 2. The Morgan fingerprint density at radius 2 is 2.17 bits per heavy atom. The highest BCUT2D eigenvalue weighted by atomic mass is 19.4. The van der Waals surface area contributed by atoms with E-state index in [4.69, 9.17) is 4.74 Å². The number of aromatic nitrogens is 2. The SMILES string of the molecule is COCc1cc(NC(=O)NC2CCCC(C(F)(F)F)C2)ncn1. The summed E-state index contributed by atoms with van der Waals surface area (Å²) in [5.41, 5.74) is 0.590. The Balaban J connectivity index is 1.88. The van der Waals surface area contributed by atoms with Gasteiger partial charge in [-0.2, -0.15) is 13.2 Å². The maximum atomic E-state index is 12.8. The van der Waals surface area contributed by atoms with Gasteiger partial charge in [0, 0.05) is 19.2 Å². The van der Waals surface area contributed by atoms with Crippen molar-refractivity contribution in [1.29, 1.82) is 0 Å². The van der Waals surface area contributed by atoms with Crippen LogP contribution in [-0.2, 0) is 11.3 Å². The van der Waals surface area contributed by atoms with Gasteiger partial charge in [-0.1, -0.05) is 6.42 Å². The summed E-state index contributed by atoms with van der Waals surface area (Å²) in [6, 6.07) is 0.484. The van der Waals surface area contributed by atoms with E-state index < -0.39 is 24.2 Å². The molecule has 6 nitrogen and oxygen atoms in total. The third-order valence-electron chi connectivity index (χ3n) is 3.73. The second-order valence-corrected chi connectivity index (χ2v) is 5.53. The van der Waals surface area contributed by atoms with Crippen LogP contribution in [0.2, 0.25) is 0 Å². The van der Waals surface area contributed by atoms with Crippen LogP contribution in [0.5, 0.6) is 0 Å². The molecule has 9 heteroatoms. The fourth-order valence-corrected chi connectivity index (χ4v) is 2.65. The number of anilines is 1. The molecule has 1 heterocycles. The summed E-state index contributed by atoms with van der Waals surface area (Å²) in [6.45, 7) is 0.273. The van der Waals surface area contributed by atoms with Crippen molar-refractivity contribution in [3.05, 3.63) is 18.1 Å². The molecule has 1 aromatic heterocycles. The van der Waals surface area contributed by atoms with Crippen LogP contribution >= 0.6 is 0 Å². The second-order valence-electron chi connectivity index (χ2n) is 5.53. The van der Waals surface area contributed by atoms with Gasteiger partial charge >= 0.3 is 12.2 Å². The highest BCUT2D eigenvalue weighted by Crippen LogP contribution is 2.37. The van der Waals surface area contributed by atoms with E-state index in [1.165, 1.54) is 13.4 Å². The molecule has 0 aromatic carbocycles. The zero-order chi connectivity index (χ0) is 16.9. The molecule has 0 aliphatic heterocycles. The van der Waals surface area contributed by atoms with Crippen LogP contribution in [0.3, 0.4) is 0 Å². The lowest BCUT2D eigenvalue weighted by Crippen LogP contribution is -2.43. The average Bonchev–Trinajstić information content (AvgIpc) is 2.47. The topological polar surface area (TPSA) is 76.1 Å². The number of halogens is 3. The lowest BCUT2D eigenvalue weighted by molar-refractivity contribution is -0.183. The quantitative estimate of drug-likeness (QED) is 0.889. The number of alkyl halides is 3. The summed E-state index contributed by atoms with van der Waals surface area (Å²) < 4.78 is 43.2. The molecule has 2 amide bonds. The van der Waals surface area contributed by atoms with Crippen molar-refractivity contribution in [2.75, 3.05) is 12.4 Å². The Labute approximate surface area is 131 Å². The molecule has 1 aliphatic rings. The first-order valence-corrected chi connectivity index (χ1v) is 7.32. The molecular weight excluding hydrogens is 313 g/mol. The molecule has 2 unspecified atom stereocenters. The van der Waals surface area contributed by atoms with Crippen LogP contribution in [0.25, 0.3) is 0 Å². The molecule has 2 rings (SSSR count). The fourth-order valence-electron chi connectivity index (χ4n) is 2.65. The van der Waals surface area contributed by atoms with E-state index in [1.54, 1.807) is 6.07 Å². The van der Waals surface area contributed by atoms with Crippen LogP contribution in [-0.4, -0.2) is 35.3 Å². The first kappa shape index (κ1) is 17.5. The van der Waals surface area contributed by atoms with E-state index in [1.807, 2.05) is 0 Å². The van der Waals surface area contributed by atoms with E-state index in [0.717, 1.165) is 0 Å². The summed E-state index contributed by atoms with van der Waals surface area (Å²) in [4.78, 5) is 19.8. The minimum atomic E-state index is -4.21. The molecule has 0 spiro atoms. The Morgan fingerprint density at radius 3 is 2.87 bits per heavy atom. The Hall–Kier alpha value is -1.90. The number of rotatable bonds is 4. The second kappa shape index (κ2) is 7.58. The summed E-state index contributed by atoms with van der Waals surface area (Å²) >= 11 is 0. The first-order chi connectivity index (χ1) is 10.9. The largest absolute Gasteiger partial charge is 0.391 e. The number of hydrogen-bond acceptors (Lipinski definition) is 4. The summed E-state index contributed by atoms with van der Waals surface area (Å²) in [5.74, 6) is -1.08. The molecule has 0 bridgehead atoms. The third kappa shape index (κ3) is 5.34. The zero-order valence-corrected chi connectivity index (χ0v) is 12.7. The maximum Gasteiger partial charge on any atom is 0.391 e. The van der Waals surface area contributed by atoms with Crippen molar-refractivity contribution in [2.24, 2.45) is 5.92 Å². The number of urea groups is 1. The number of nitrogens with one attached hydrogen (secondary N) is 2. The van der Waals surface area contributed by atoms with Crippen molar-refractivity contribution < 1.29 is 22.7 Å². The molecule has 0 saturated heterocycles. The highest BCUT2D eigenvalue weighted by molar-refractivity contribution is 5.88. The zero-order valence-electron chi connectivity index (χ0n) is 12.7. The summed E-state index contributed by atoms with van der Waals surface area (Å²) in [5, 5.41) is 5.08. The fraction of sp³-hybridized carbons (Fsp3) is 0.643. The molecule has 1 saturated carbocycles. The van der Waals surface area contributed by atoms with E-state index in [0.29, 0.717) is 18.5 Å². The van der Waals surface area contributed by atoms with Gasteiger partial charge in [0.2, 0.25) is 0 Å². The van der Waals surface area contributed by atoms with Gasteiger partial charge in [0.1, 0.15) is 12.1 Å². The Kier molecular flexibility index (Phi) is 5.75. The van der Waals surface area contributed by atoms with Crippen LogP contribution in [0.4, 0.5) is 23.8 Å². The van der Waals surface area contributed by atoms with Gasteiger partial charge in [0.25, 0.3) is 0 Å². The van der Waals surface area contributed by atoms with Crippen molar-refractivity contribution in [1.82, 2.24) is 15.3 Å².